The van der Waals surface area contributed by atoms with Gasteiger partial charge in [0.2, 0.25) is 0 Å². The summed E-state index contributed by atoms with van der Waals surface area (Å²) < 4.78 is 1.71. The van der Waals surface area contributed by atoms with E-state index >= 15 is 0 Å². The van der Waals surface area contributed by atoms with E-state index in [4.69, 9.17) is 11.6 Å². The molecule has 5 heteroatoms. The summed E-state index contributed by atoms with van der Waals surface area (Å²) in [4.78, 5) is 4.51. The van der Waals surface area contributed by atoms with Crippen molar-refractivity contribution in [2.24, 2.45) is 7.05 Å². The zero-order valence-electron chi connectivity index (χ0n) is 11.0. The third kappa shape index (κ3) is 2.87. The minimum Gasteiger partial charge on any atom is -0.257 e. The molecule has 0 radical (unpaired) electrons. The summed E-state index contributed by atoms with van der Waals surface area (Å²) in [6.45, 7) is 6.08. The molecule has 0 bridgehead atoms. The van der Waals surface area contributed by atoms with Gasteiger partial charge < -0.3 is 0 Å². The first-order valence-corrected chi connectivity index (χ1v) is 7.10. The highest BCUT2D eigenvalue weighted by atomic mass is 35.5. The van der Waals surface area contributed by atoms with Crippen molar-refractivity contribution in [3.05, 3.63) is 39.8 Å². The van der Waals surface area contributed by atoms with Crippen LogP contribution >= 0.6 is 23.4 Å². The van der Waals surface area contributed by atoms with E-state index in [1.54, 1.807) is 16.4 Å². The van der Waals surface area contributed by atoms with Crippen LogP contribution < -0.4 is 0 Å². The van der Waals surface area contributed by atoms with Gasteiger partial charge >= 0.3 is 0 Å². The Labute approximate surface area is 117 Å². The van der Waals surface area contributed by atoms with Crippen LogP contribution in [0.15, 0.2) is 17.2 Å². The highest BCUT2D eigenvalue weighted by Gasteiger charge is 2.11. The highest BCUT2D eigenvalue weighted by molar-refractivity contribution is 7.98. The molecule has 0 N–H and O–H groups in total. The predicted octanol–water partition coefficient (Wildman–Crippen LogP) is 3.69. The van der Waals surface area contributed by atoms with Crippen LogP contribution in [0.5, 0.6) is 0 Å². The van der Waals surface area contributed by atoms with Gasteiger partial charge in [0.15, 0.2) is 0 Å². The Morgan fingerprint density at radius 1 is 1.28 bits per heavy atom. The summed E-state index contributed by atoms with van der Waals surface area (Å²) in [5.41, 5.74) is 4.36. The smallest absolute Gasteiger partial charge is 0.131 e. The van der Waals surface area contributed by atoms with E-state index in [-0.39, 0.29) is 0 Å². The van der Waals surface area contributed by atoms with Crippen molar-refractivity contribution in [2.75, 3.05) is 0 Å². The maximum atomic E-state index is 6.21. The first-order chi connectivity index (χ1) is 8.47. The number of hydrogen-bond donors (Lipinski definition) is 0. The largest absolute Gasteiger partial charge is 0.257 e. The molecule has 0 spiro atoms. The topological polar surface area (TPSA) is 30.7 Å². The SMILES string of the molecule is Cc1cc(C)nc(SCc2c(C)nn(C)c2Cl)c1. The maximum absolute atomic E-state index is 6.21. The molecule has 2 rings (SSSR count). The first kappa shape index (κ1) is 13.4. The Bertz CT molecular complexity index is 558. The number of pyridine rings is 1. The lowest BCUT2D eigenvalue weighted by Gasteiger charge is -2.04. The van der Waals surface area contributed by atoms with E-state index in [2.05, 4.69) is 29.1 Å². The second-order valence-electron chi connectivity index (χ2n) is 4.39. The maximum Gasteiger partial charge on any atom is 0.131 e. The van der Waals surface area contributed by atoms with Crippen LogP contribution in [-0.2, 0) is 12.8 Å². The third-order valence-electron chi connectivity index (χ3n) is 2.71. The Balaban J connectivity index is 2.16. The van der Waals surface area contributed by atoms with Gasteiger partial charge in [-0.1, -0.05) is 11.6 Å². The molecule has 2 heterocycles. The number of aromatic nitrogens is 3. The zero-order valence-corrected chi connectivity index (χ0v) is 12.6. The molecule has 3 nitrogen and oxygen atoms in total. The van der Waals surface area contributed by atoms with E-state index in [0.29, 0.717) is 5.15 Å². The molecular weight excluding hydrogens is 266 g/mol. The number of hydrogen-bond acceptors (Lipinski definition) is 3. The molecule has 0 aliphatic heterocycles. The minimum absolute atomic E-state index is 0.712. The number of halogens is 1. The predicted molar refractivity (Wildman–Crippen MR) is 76.2 cm³/mol. The van der Waals surface area contributed by atoms with Crippen LogP contribution in [0.3, 0.4) is 0 Å². The molecule has 0 amide bonds. The number of nitrogens with zero attached hydrogens (tertiary/aromatic N) is 3. The van der Waals surface area contributed by atoms with E-state index in [0.717, 1.165) is 27.7 Å². The molecule has 96 valence electrons. The van der Waals surface area contributed by atoms with Crippen LogP contribution in [0.25, 0.3) is 0 Å². The second-order valence-corrected chi connectivity index (χ2v) is 5.74. The fourth-order valence-corrected chi connectivity index (χ4v) is 3.30. The molecule has 0 aliphatic rings. The average molecular weight is 282 g/mol. The quantitative estimate of drug-likeness (QED) is 0.804. The molecule has 0 saturated heterocycles. The van der Waals surface area contributed by atoms with Crippen LogP contribution in [0.2, 0.25) is 5.15 Å². The zero-order chi connectivity index (χ0) is 13.3. The van der Waals surface area contributed by atoms with Crippen LogP contribution in [0, 0.1) is 20.8 Å². The molecule has 0 unspecified atom stereocenters. The summed E-state index contributed by atoms with van der Waals surface area (Å²) in [6, 6.07) is 4.17. The van der Waals surface area contributed by atoms with Crippen molar-refractivity contribution in [1.29, 1.82) is 0 Å². The molecule has 0 atom stereocenters. The van der Waals surface area contributed by atoms with Crippen LogP contribution in [-0.4, -0.2) is 14.8 Å². The molecule has 2 aromatic rings. The molecule has 0 fully saturated rings. The highest BCUT2D eigenvalue weighted by Crippen LogP contribution is 2.28. The fourth-order valence-electron chi connectivity index (χ4n) is 1.86. The number of rotatable bonds is 3. The van der Waals surface area contributed by atoms with Crippen molar-refractivity contribution in [3.8, 4) is 0 Å². The average Bonchev–Trinajstić information content (AvgIpc) is 2.50. The second kappa shape index (κ2) is 5.33. The van der Waals surface area contributed by atoms with Crippen LogP contribution in [0.1, 0.15) is 22.5 Å². The minimum atomic E-state index is 0.712. The van der Waals surface area contributed by atoms with E-state index < -0.39 is 0 Å². The summed E-state index contributed by atoms with van der Waals surface area (Å²) in [6.07, 6.45) is 0. The Kier molecular flexibility index (Phi) is 3.97. The molecule has 2 aromatic heterocycles. The monoisotopic (exact) mass is 281 g/mol. The van der Waals surface area contributed by atoms with Gasteiger partial charge in [-0.25, -0.2) is 4.98 Å². The summed E-state index contributed by atoms with van der Waals surface area (Å²) in [7, 11) is 1.86. The van der Waals surface area contributed by atoms with Crippen LogP contribution in [0.4, 0.5) is 0 Å². The molecule has 0 aromatic carbocycles. The van der Waals surface area contributed by atoms with Crippen molar-refractivity contribution >= 4 is 23.4 Å². The van der Waals surface area contributed by atoms with Gasteiger partial charge in [0.05, 0.1) is 10.7 Å². The summed E-state index contributed by atoms with van der Waals surface area (Å²) in [5, 5.41) is 6.06. The van der Waals surface area contributed by atoms with E-state index in [1.165, 1.54) is 5.56 Å². The Morgan fingerprint density at radius 3 is 2.56 bits per heavy atom. The number of thioether (sulfide) groups is 1. The Morgan fingerprint density at radius 2 is 2.00 bits per heavy atom. The molecule has 18 heavy (non-hydrogen) atoms. The number of aryl methyl sites for hydroxylation is 4. The molecular formula is C13H16ClN3S. The van der Waals surface area contributed by atoms with E-state index in [1.807, 2.05) is 20.9 Å². The van der Waals surface area contributed by atoms with Gasteiger partial charge in [0.25, 0.3) is 0 Å². The fraction of sp³-hybridized carbons (Fsp3) is 0.385. The van der Waals surface area contributed by atoms with Gasteiger partial charge in [0, 0.05) is 24.1 Å². The van der Waals surface area contributed by atoms with Gasteiger partial charge in [0.1, 0.15) is 5.15 Å². The standard InChI is InChI=1S/C13H16ClN3S/c1-8-5-9(2)15-12(6-8)18-7-11-10(3)16-17(4)13(11)14/h5-6H,7H2,1-4H3. The van der Waals surface area contributed by atoms with Crippen molar-refractivity contribution < 1.29 is 0 Å². The van der Waals surface area contributed by atoms with E-state index in [9.17, 15) is 0 Å². The third-order valence-corrected chi connectivity index (χ3v) is 4.12. The molecule has 0 aliphatic carbocycles. The van der Waals surface area contributed by atoms with Crippen molar-refractivity contribution in [1.82, 2.24) is 14.8 Å². The normalized spacial score (nSPS) is 10.9. The lowest BCUT2D eigenvalue weighted by Crippen LogP contribution is -1.90. The molecule has 0 saturated carbocycles. The first-order valence-electron chi connectivity index (χ1n) is 5.73. The van der Waals surface area contributed by atoms with Crippen molar-refractivity contribution in [2.45, 2.75) is 31.6 Å². The van der Waals surface area contributed by atoms with Gasteiger partial charge in [-0.3, -0.25) is 4.68 Å². The summed E-state index contributed by atoms with van der Waals surface area (Å²) in [5.74, 6) is 0.800. The Hall–Kier alpha value is -1.00. The lowest BCUT2D eigenvalue weighted by atomic mass is 10.3. The summed E-state index contributed by atoms with van der Waals surface area (Å²) >= 11 is 7.90. The van der Waals surface area contributed by atoms with Gasteiger partial charge in [-0.2, -0.15) is 5.10 Å². The van der Waals surface area contributed by atoms with Crippen molar-refractivity contribution in [3.63, 3.8) is 0 Å². The van der Waals surface area contributed by atoms with Gasteiger partial charge in [-0.05, 0) is 38.5 Å². The van der Waals surface area contributed by atoms with Gasteiger partial charge in [-0.15, -0.1) is 11.8 Å². The lowest BCUT2D eigenvalue weighted by molar-refractivity contribution is 0.757.